The van der Waals surface area contributed by atoms with Gasteiger partial charge in [0.2, 0.25) is 17.7 Å². The Morgan fingerprint density at radius 1 is 1.23 bits per heavy atom. The number of hydrogen-bond acceptors (Lipinski definition) is 5. The van der Waals surface area contributed by atoms with Crippen LogP contribution in [0, 0.1) is 18.8 Å². The van der Waals surface area contributed by atoms with Crippen LogP contribution in [-0.2, 0) is 16.1 Å². The van der Waals surface area contributed by atoms with Crippen LogP contribution < -0.4 is 5.32 Å². The van der Waals surface area contributed by atoms with Crippen molar-refractivity contribution in [1.82, 2.24) is 20.4 Å². The number of carbonyl (C=O) groups excluding carboxylic acids is 2. The Balaban J connectivity index is 1.42. The molecule has 1 N–H and O–H groups in total. The van der Waals surface area contributed by atoms with E-state index in [0.29, 0.717) is 24.8 Å². The molecule has 1 saturated carbocycles. The average molecular weight is 306 g/mol. The molecule has 0 spiro atoms. The van der Waals surface area contributed by atoms with Crippen LogP contribution in [-0.4, -0.2) is 39.9 Å². The molecule has 3 rings (SSSR count). The molecular formula is C15H22N4O3. The molecule has 2 heterocycles. The largest absolute Gasteiger partial charge is 0.347 e. The average Bonchev–Trinajstić information content (AvgIpc) is 2.89. The summed E-state index contributed by atoms with van der Waals surface area (Å²) < 4.78 is 4.97. The SMILES string of the molecule is Cc1noc(CNC(=O)C2CCN(C(=O)C3CCC3)CC2)n1. The number of likely N-dealkylation sites (tertiary alicyclic amines) is 1. The molecule has 0 radical (unpaired) electrons. The molecule has 0 unspecified atom stereocenters. The third-order valence-corrected chi connectivity index (χ3v) is 4.62. The minimum atomic E-state index is -0.0329. The van der Waals surface area contributed by atoms with Gasteiger partial charge in [-0.05, 0) is 32.6 Å². The summed E-state index contributed by atoms with van der Waals surface area (Å²) in [5.41, 5.74) is 0. The van der Waals surface area contributed by atoms with E-state index in [1.165, 1.54) is 6.42 Å². The van der Waals surface area contributed by atoms with Crippen LogP contribution in [0.2, 0.25) is 0 Å². The maximum Gasteiger partial charge on any atom is 0.246 e. The van der Waals surface area contributed by atoms with Gasteiger partial charge in [0, 0.05) is 24.9 Å². The van der Waals surface area contributed by atoms with Crippen LogP contribution in [0.25, 0.3) is 0 Å². The van der Waals surface area contributed by atoms with E-state index in [1.54, 1.807) is 6.92 Å². The Bertz CT molecular complexity index is 545. The monoisotopic (exact) mass is 306 g/mol. The summed E-state index contributed by atoms with van der Waals surface area (Å²) in [4.78, 5) is 30.3. The van der Waals surface area contributed by atoms with Crippen molar-refractivity contribution in [3.05, 3.63) is 11.7 Å². The van der Waals surface area contributed by atoms with Gasteiger partial charge in [-0.1, -0.05) is 11.6 Å². The molecule has 7 heteroatoms. The van der Waals surface area contributed by atoms with Gasteiger partial charge in [-0.25, -0.2) is 0 Å². The molecule has 1 aliphatic carbocycles. The lowest BCUT2D eigenvalue weighted by atomic mass is 9.83. The summed E-state index contributed by atoms with van der Waals surface area (Å²) in [5.74, 6) is 1.48. The number of carbonyl (C=O) groups is 2. The molecule has 0 atom stereocenters. The molecule has 1 aromatic rings. The fraction of sp³-hybridized carbons (Fsp3) is 0.733. The number of rotatable bonds is 4. The number of hydrogen-bond donors (Lipinski definition) is 1. The van der Waals surface area contributed by atoms with E-state index < -0.39 is 0 Å². The number of nitrogens with one attached hydrogen (secondary N) is 1. The summed E-state index contributed by atoms with van der Waals surface area (Å²) >= 11 is 0. The van der Waals surface area contributed by atoms with E-state index in [9.17, 15) is 9.59 Å². The number of aryl methyl sites for hydroxylation is 1. The van der Waals surface area contributed by atoms with Crippen LogP contribution in [0.5, 0.6) is 0 Å². The molecule has 0 aromatic carbocycles. The summed E-state index contributed by atoms with van der Waals surface area (Å²) in [7, 11) is 0. The molecule has 2 fully saturated rings. The molecule has 1 aliphatic heterocycles. The maximum atomic E-state index is 12.2. The lowest BCUT2D eigenvalue weighted by molar-refractivity contribution is -0.141. The van der Waals surface area contributed by atoms with Gasteiger partial charge in [0.25, 0.3) is 0 Å². The lowest BCUT2D eigenvalue weighted by Gasteiger charge is -2.36. The standard InChI is InChI=1S/C15H22N4O3/c1-10-17-13(22-18-10)9-16-14(20)11-5-7-19(8-6-11)15(21)12-3-2-4-12/h11-12H,2-9H2,1H3,(H,16,20). The van der Waals surface area contributed by atoms with Crippen molar-refractivity contribution in [3.8, 4) is 0 Å². The second-order valence-electron chi connectivity index (χ2n) is 6.18. The van der Waals surface area contributed by atoms with Crippen LogP contribution >= 0.6 is 0 Å². The molecule has 22 heavy (non-hydrogen) atoms. The predicted octanol–water partition coefficient (Wildman–Crippen LogP) is 1.03. The van der Waals surface area contributed by atoms with E-state index >= 15 is 0 Å². The molecule has 120 valence electrons. The van der Waals surface area contributed by atoms with Crippen LogP contribution in [0.3, 0.4) is 0 Å². The van der Waals surface area contributed by atoms with Crippen molar-refractivity contribution in [1.29, 1.82) is 0 Å². The van der Waals surface area contributed by atoms with Crippen molar-refractivity contribution in [2.75, 3.05) is 13.1 Å². The Morgan fingerprint density at radius 3 is 2.50 bits per heavy atom. The third kappa shape index (κ3) is 3.28. The van der Waals surface area contributed by atoms with E-state index in [2.05, 4.69) is 15.5 Å². The summed E-state index contributed by atoms with van der Waals surface area (Å²) in [6, 6.07) is 0. The summed E-state index contributed by atoms with van der Waals surface area (Å²) in [6.45, 7) is 3.38. The summed E-state index contributed by atoms with van der Waals surface area (Å²) in [5, 5.41) is 6.52. The Kier molecular flexibility index (Phi) is 4.40. The first kappa shape index (κ1) is 15.0. The lowest BCUT2D eigenvalue weighted by Crippen LogP contribution is -2.46. The Labute approximate surface area is 129 Å². The van der Waals surface area contributed by atoms with Gasteiger partial charge in [0.15, 0.2) is 5.82 Å². The van der Waals surface area contributed by atoms with Crippen molar-refractivity contribution in [3.63, 3.8) is 0 Å². The van der Waals surface area contributed by atoms with Gasteiger partial charge in [-0.2, -0.15) is 4.98 Å². The topological polar surface area (TPSA) is 88.3 Å². The number of piperidine rings is 1. The zero-order valence-electron chi connectivity index (χ0n) is 12.9. The zero-order valence-corrected chi connectivity index (χ0v) is 12.9. The molecule has 7 nitrogen and oxygen atoms in total. The molecule has 1 saturated heterocycles. The molecular weight excluding hydrogens is 284 g/mol. The van der Waals surface area contributed by atoms with Gasteiger partial charge in [-0.3, -0.25) is 9.59 Å². The Morgan fingerprint density at radius 2 is 1.95 bits per heavy atom. The quantitative estimate of drug-likeness (QED) is 0.897. The highest BCUT2D eigenvalue weighted by Gasteiger charge is 2.33. The van der Waals surface area contributed by atoms with Crippen molar-refractivity contribution < 1.29 is 14.1 Å². The van der Waals surface area contributed by atoms with E-state index in [4.69, 9.17) is 4.52 Å². The molecule has 2 amide bonds. The van der Waals surface area contributed by atoms with Crippen LogP contribution in [0.15, 0.2) is 4.52 Å². The third-order valence-electron chi connectivity index (χ3n) is 4.62. The highest BCUT2D eigenvalue weighted by molar-refractivity contribution is 5.81. The first-order valence-electron chi connectivity index (χ1n) is 7.99. The fourth-order valence-corrected chi connectivity index (χ4v) is 2.99. The Hall–Kier alpha value is -1.92. The van der Waals surface area contributed by atoms with E-state index in [-0.39, 0.29) is 30.2 Å². The molecule has 2 aliphatic rings. The highest BCUT2D eigenvalue weighted by atomic mass is 16.5. The predicted molar refractivity (Wildman–Crippen MR) is 77.5 cm³/mol. The van der Waals surface area contributed by atoms with E-state index in [1.807, 2.05) is 4.90 Å². The van der Waals surface area contributed by atoms with Gasteiger partial charge < -0.3 is 14.7 Å². The summed E-state index contributed by atoms with van der Waals surface area (Å²) in [6.07, 6.45) is 4.69. The minimum Gasteiger partial charge on any atom is -0.347 e. The smallest absolute Gasteiger partial charge is 0.246 e. The number of amides is 2. The van der Waals surface area contributed by atoms with Crippen molar-refractivity contribution in [2.45, 2.75) is 45.6 Å². The van der Waals surface area contributed by atoms with Crippen LogP contribution in [0.1, 0.15) is 43.8 Å². The first-order valence-corrected chi connectivity index (χ1v) is 7.99. The molecule has 0 bridgehead atoms. The van der Waals surface area contributed by atoms with E-state index in [0.717, 1.165) is 25.7 Å². The number of nitrogens with zero attached hydrogens (tertiary/aromatic N) is 3. The molecule has 1 aromatic heterocycles. The van der Waals surface area contributed by atoms with Gasteiger partial charge in [0.1, 0.15) is 0 Å². The normalized spacial score (nSPS) is 19.8. The fourth-order valence-electron chi connectivity index (χ4n) is 2.99. The van der Waals surface area contributed by atoms with Crippen molar-refractivity contribution in [2.24, 2.45) is 11.8 Å². The van der Waals surface area contributed by atoms with Crippen LogP contribution in [0.4, 0.5) is 0 Å². The zero-order chi connectivity index (χ0) is 15.5. The van der Waals surface area contributed by atoms with Crippen molar-refractivity contribution >= 4 is 11.8 Å². The van der Waals surface area contributed by atoms with Gasteiger partial charge in [-0.15, -0.1) is 0 Å². The van der Waals surface area contributed by atoms with Gasteiger partial charge >= 0.3 is 0 Å². The first-order chi connectivity index (χ1) is 10.6. The second-order valence-corrected chi connectivity index (χ2v) is 6.18. The second kappa shape index (κ2) is 6.46. The minimum absolute atomic E-state index is 0.00611. The maximum absolute atomic E-state index is 12.2. The number of aromatic nitrogens is 2. The highest BCUT2D eigenvalue weighted by Crippen LogP contribution is 2.30. The van der Waals surface area contributed by atoms with Gasteiger partial charge in [0.05, 0.1) is 6.54 Å².